The Hall–Kier alpha value is -1.60. The van der Waals surface area contributed by atoms with Crippen molar-refractivity contribution in [2.45, 2.75) is 19.3 Å². The minimum absolute atomic E-state index is 0.0466. The van der Waals surface area contributed by atoms with E-state index in [9.17, 15) is 17.6 Å². The summed E-state index contributed by atoms with van der Waals surface area (Å²) in [6, 6.07) is 0. The van der Waals surface area contributed by atoms with Gasteiger partial charge in [0.05, 0.1) is 5.56 Å². The first-order valence-corrected chi connectivity index (χ1v) is 4.20. The molecule has 1 aromatic rings. The van der Waals surface area contributed by atoms with E-state index in [4.69, 9.17) is 5.73 Å². The van der Waals surface area contributed by atoms with Crippen LogP contribution in [0.4, 0.5) is 23.4 Å². The summed E-state index contributed by atoms with van der Waals surface area (Å²) in [5.74, 6) is -4.40. The topological polar surface area (TPSA) is 61.0 Å². The second-order valence-electron chi connectivity index (χ2n) is 3.04. The molecule has 0 aliphatic heterocycles. The Balaban J connectivity index is 2.72. The molecule has 0 unspecified atom stereocenters. The van der Waals surface area contributed by atoms with Crippen molar-refractivity contribution in [3.63, 3.8) is 0 Å². The Morgan fingerprint density at radius 1 is 1.44 bits per heavy atom. The maximum atomic E-state index is 12.5. The van der Waals surface area contributed by atoms with Crippen LogP contribution in [0.3, 0.4) is 0 Å². The van der Waals surface area contributed by atoms with E-state index >= 15 is 0 Å². The van der Waals surface area contributed by atoms with Crippen LogP contribution in [0.15, 0.2) is 6.33 Å². The average Bonchev–Trinajstić information content (AvgIpc) is 2.20. The minimum Gasteiger partial charge on any atom is -0.471 e. The molecule has 0 spiro atoms. The summed E-state index contributed by atoms with van der Waals surface area (Å²) in [6.07, 6.45) is -2.79. The van der Waals surface area contributed by atoms with Gasteiger partial charge in [-0.05, 0) is 6.92 Å². The lowest BCUT2D eigenvalue weighted by Gasteiger charge is -2.16. The first-order chi connectivity index (χ1) is 7.34. The Kier molecular flexibility index (Phi) is 3.51. The van der Waals surface area contributed by atoms with Gasteiger partial charge in [-0.1, -0.05) is 0 Å². The van der Waals surface area contributed by atoms with E-state index in [1.807, 2.05) is 0 Å². The summed E-state index contributed by atoms with van der Waals surface area (Å²) in [6.45, 7) is -0.0207. The van der Waals surface area contributed by atoms with Gasteiger partial charge in [-0.2, -0.15) is 8.78 Å². The van der Waals surface area contributed by atoms with Crippen LogP contribution in [0.25, 0.3) is 0 Å². The summed E-state index contributed by atoms with van der Waals surface area (Å²) in [5.41, 5.74) is 5.58. The van der Waals surface area contributed by atoms with E-state index in [1.54, 1.807) is 0 Å². The first-order valence-electron chi connectivity index (χ1n) is 4.20. The van der Waals surface area contributed by atoms with E-state index in [0.717, 1.165) is 6.33 Å². The molecule has 0 aliphatic rings. The molecule has 0 bridgehead atoms. The van der Waals surface area contributed by atoms with Gasteiger partial charge < -0.3 is 10.5 Å². The number of aromatic nitrogens is 2. The van der Waals surface area contributed by atoms with Crippen molar-refractivity contribution in [3.05, 3.63) is 11.9 Å². The highest BCUT2D eigenvalue weighted by molar-refractivity contribution is 5.43. The largest absolute Gasteiger partial charge is 0.471 e. The van der Waals surface area contributed by atoms with Gasteiger partial charge in [0.2, 0.25) is 5.88 Å². The second-order valence-corrected chi connectivity index (χ2v) is 3.04. The van der Waals surface area contributed by atoms with Crippen molar-refractivity contribution in [1.29, 1.82) is 0 Å². The lowest BCUT2D eigenvalue weighted by molar-refractivity contribution is -0.148. The van der Waals surface area contributed by atoms with E-state index < -0.39 is 19.0 Å². The van der Waals surface area contributed by atoms with Crippen molar-refractivity contribution in [2.24, 2.45) is 0 Å². The number of alkyl halides is 4. The Labute approximate surface area is 88.4 Å². The Morgan fingerprint density at radius 3 is 2.62 bits per heavy atom. The number of nitrogens with two attached hydrogens (primary N) is 1. The van der Waals surface area contributed by atoms with Gasteiger partial charge in [0.1, 0.15) is 12.1 Å². The Bertz CT molecular complexity index is 372. The third-order valence-electron chi connectivity index (χ3n) is 1.80. The fraction of sp³-hybridized carbons (Fsp3) is 0.500. The van der Waals surface area contributed by atoms with E-state index in [0.29, 0.717) is 0 Å². The molecule has 0 fully saturated rings. The number of nitrogens with zero attached hydrogens (tertiary/aromatic N) is 2. The molecule has 2 N–H and O–H groups in total. The van der Waals surface area contributed by atoms with Crippen LogP contribution in [0, 0.1) is 6.92 Å². The number of hydrogen-bond donors (Lipinski definition) is 1. The molecule has 0 amide bonds. The van der Waals surface area contributed by atoms with E-state index in [2.05, 4.69) is 14.7 Å². The zero-order chi connectivity index (χ0) is 12.3. The van der Waals surface area contributed by atoms with Crippen LogP contribution in [-0.4, -0.2) is 28.9 Å². The number of anilines is 1. The summed E-state index contributed by atoms with van der Waals surface area (Å²) in [5, 5.41) is 0. The van der Waals surface area contributed by atoms with Gasteiger partial charge in [-0.3, -0.25) is 0 Å². The van der Waals surface area contributed by atoms with Crippen LogP contribution >= 0.6 is 0 Å². The summed E-state index contributed by atoms with van der Waals surface area (Å²) in [7, 11) is 0. The molecule has 90 valence electrons. The maximum Gasteiger partial charge on any atom is 0.340 e. The summed E-state index contributed by atoms with van der Waals surface area (Å²) >= 11 is 0. The zero-order valence-electron chi connectivity index (χ0n) is 8.25. The number of hydrogen-bond acceptors (Lipinski definition) is 4. The van der Waals surface area contributed by atoms with Crippen LogP contribution < -0.4 is 10.5 Å². The molecular weight excluding hydrogens is 230 g/mol. The van der Waals surface area contributed by atoms with Crippen molar-refractivity contribution in [1.82, 2.24) is 9.97 Å². The number of rotatable bonds is 4. The molecular formula is C8H9F4N3O. The smallest absolute Gasteiger partial charge is 0.340 e. The predicted octanol–water partition coefficient (Wildman–Crippen LogP) is 1.65. The van der Waals surface area contributed by atoms with Crippen LogP contribution in [-0.2, 0) is 0 Å². The van der Waals surface area contributed by atoms with Gasteiger partial charge in [0, 0.05) is 0 Å². The highest BCUT2D eigenvalue weighted by atomic mass is 19.3. The molecule has 0 aromatic carbocycles. The van der Waals surface area contributed by atoms with Crippen LogP contribution in [0.2, 0.25) is 0 Å². The van der Waals surface area contributed by atoms with Gasteiger partial charge in [-0.15, -0.1) is 0 Å². The molecule has 16 heavy (non-hydrogen) atoms. The normalized spacial score (nSPS) is 11.9. The molecule has 1 aromatic heterocycles. The predicted molar refractivity (Wildman–Crippen MR) is 47.6 cm³/mol. The second kappa shape index (κ2) is 4.50. The molecule has 0 saturated heterocycles. The van der Waals surface area contributed by atoms with Crippen LogP contribution in [0.5, 0.6) is 5.88 Å². The molecule has 0 atom stereocenters. The molecule has 8 heteroatoms. The molecule has 0 radical (unpaired) electrons. The lowest BCUT2D eigenvalue weighted by atomic mass is 10.3. The standard InChI is InChI=1S/C8H9F4N3O/c1-4-5(13)14-3-15-6(4)16-2-8(11,12)7(9)10/h3,7H,2H2,1H3,(H2,13,14,15). The third-order valence-corrected chi connectivity index (χ3v) is 1.80. The fourth-order valence-corrected chi connectivity index (χ4v) is 0.820. The zero-order valence-corrected chi connectivity index (χ0v) is 8.25. The quantitative estimate of drug-likeness (QED) is 0.811. The van der Waals surface area contributed by atoms with Crippen LogP contribution in [0.1, 0.15) is 5.56 Å². The summed E-state index contributed by atoms with van der Waals surface area (Å²) in [4.78, 5) is 7.08. The number of nitrogen functional groups attached to an aromatic ring is 1. The highest BCUT2D eigenvalue weighted by Crippen LogP contribution is 2.25. The molecule has 4 nitrogen and oxygen atoms in total. The molecule has 0 saturated carbocycles. The minimum atomic E-state index is -4.22. The van der Waals surface area contributed by atoms with Gasteiger partial charge in [0.15, 0.2) is 6.61 Å². The molecule has 1 rings (SSSR count). The van der Waals surface area contributed by atoms with E-state index in [1.165, 1.54) is 6.92 Å². The SMILES string of the molecule is Cc1c(N)ncnc1OCC(F)(F)C(F)F. The fourth-order valence-electron chi connectivity index (χ4n) is 0.820. The monoisotopic (exact) mass is 239 g/mol. The maximum absolute atomic E-state index is 12.5. The number of halogens is 4. The van der Waals surface area contributed by atoms with Crippen molar-refractivity contribution in [3.8, 4) is 5.88 Å². The third kappa shape index (κ3) is 2.71. The van der Waals surface area contributed by atoms with Crippen molar-refractivity contribution in [2.75, 3.05) is 12.3 Å². The van der Waals surface area contributed by atoms with Crippen molar-refractivity contribution < 1.29 is 22.3 Å². The lowest BCUT2D eigenvalue weighted by Crippen LogP contribution is -2.34. The van der Waals surface area contributed by atoms with E-state index in [-0.39, 0.29) is 17.3 Å². The van der Waals surface area contributed by atoms with Gasteiger partial charge >= 0.3 is 12.3 Å². The molecule has 0 aliphatic carbocycles. The highest BCUT2D eigenvalue weighted by Gasteiger charge is 2.42. The van der Waals surface area contributed by atoms with Gasteiger partial charge in [0.25, 0.3) is 0 Å². The molecule has 1 heterocycles. The van der Waals surface area contributed by atoms with Gasteiger partial charge in [-0.25, -0.2) is 18.7 Å². The summed E-state index contributed by atoms with van der Waals surface area (Å²) < 4.78 is 53.1. The average molecular weight is 239 g/mol. The Morgan fingerprint density at radius 2 is 2.06 bits per heavy atom. The number of ether oxygens (including phenoxy) is 1. The first kappa shape index (κ1) is 12.5. The van der Waals surface area contributed by atoms with Crippen molar-refractivity contribution >= 4 is 5.82 Å².